The van der Waals surface area contributed by atoms with Crippen molar-refractivity contribution in [3.05, 3.63) is 47.8 Å². The Morgan fingerprint density at radius 3 is 2.60 bits per heavy atom. The van der Waals surface area contributed by atoms with Crippen LogP contribution in [0.4, 0.5) is 15.8 Å². The van der Waals surface area contributed by atoms with Gasteiger partial charge in [0.1, 0.15) is 5.82 Å². The normalized spacial score (nSPS) is 17.0. The molecule has 2 aromatic rings. The average Bonchev–Trinajstić information content (AvgIpc) is 2.62. The van der Waals surface area contributed by atoms with Crippen LogP contribution in [0.1, 0.15) is 25.3 Å². The van der Waals surface area contributed by atoms with Gasteiger partial charge in [-0.3, -0.25) is 9.59 Å². The SMILES string of the molecule is CC1C(=O)N(C(=O)[C@H](C)N)c2cccc(N)c2-c2ccc(F)cc21.Cl. The van der Waals surface area contributed by atoms with Gasteiger partial charge in [0, 0.05) is 11.3 Å². The smallest absolute Gasteiger partial charge is 0.250 e. The van der Waals surface area contributed by atoms with E-state index >= 15 is 0 Å². The number of nitrogens with two attached hydrogens (primary N) is 2. The molecule has 3 rings (SSSR count). The Hall–Kier alpha value is -2.44. The molecule has 5 nitrogen and oxygen atoms in total. The highest BCUT2D eigenvalue weighted by molar-refractivity contribution is 6.22. The van der Waals surface area contributed by atoms with Crippen molar-refractivity contribution in [2.75, 3.05) is 10.6 Å². The highest BCUT2D eigenvalue weighted by Gasteiger charge is 2.36. The summed E-state index contributed by atoms with van der Waals surface area (Å²) in [5.74, 6) is -2.12. The monoisotopic (exact) mass is 363 g/mol. The van der Waals surface area contributed by atoms with Crippen molar-refractivity contribution < 1.29 is 14.0 Å². The molecule has 0 radical (unpaired) electrons. The fourth-order valence-electron chi connectivity index (χ4n) is 3.03. The van der Waals surface area contributed by atoms with E-state index < -0.39 is 29.6 Å². The molecule has 7 heteroatoms. The van der Waals surface area contributed by atoms with Gasteiger partial charge in [-0.2, -0.15) is 0 Å². The van der Waals surface area contributed by atoms with Gasteiger partial charge in [0.15, 0.2) is 0 Å². The summed E-state index contributed by atoms with van der Waals surface area (Å²) in [5, 5.41) is 0. The molecule has 1 aliphatic heterocycles. The van der Waals surface area contributed by atoms with Crippen molar-refractivity contribution in [2.24, 2.45) is 5.73 Å². The van der Waals surface area contributed by atoms with Crippen molar-refractivity contribution in [3.8, 4) is 11.1 Å². The van der Waals surface area contributed by atoms with Crippen LogP contribution in [-0.2, 0) is 9.59 Å². The van der Waals surface area contributed by atoms with Gasteiger partial charge < -0.3 is 11.5 Å². The fourth-order valence-corrected chi connectivity index (χ4v) is 3.03. The lowest BCUT2D eigenvalue weighted by atomic mass is 9.91. The van der Waals surface area contributed by atoms with Gasteiger partial charge >= 0.3 is 0 Å². The van der Waals surface area contributed by atoms with Crippen LogP contribution in [0.5, 0.6) is 0 Å². The van der Waals surface area contributed by atoms with E-state index in [-0.39, 0.29) is 12.4 Å². The molecule has 0 aromatic heterocycles. The first-order valence-electron chi connectivity index (χ1n) is 7.64. The molecular formula is C18H19ClFN3O2. The molecule has 0 saturated carbocycles. The van der Waals surface area contributed by atoms with E-state index in [1.54, 1.807) is 31.2 Å². The zero-order chi connectivity index (χ0) is 17.6. The number of anilines is 2. The van der Waals surface area contributed by atoms with Gasteiger partial charge in [0.05, 0.1) is 17.6 Å². The van der Waals surface area contributed by atoms with E-state index in [4.69, 9.17) is 11.5 Å². The molecule has 1 unspecified atom stereocenters. The number of fused-ring (bicyclic) bond motifs is 3. The lowest BCUT2D eigenvalue weighted by molar-refractivity contribution is -0.127. The second-order valence-corrected chi connectivity index (χ2v) is 6.00. The summed E-state index contributed by atoms with van der Waals surface area (Å²) in [6.45, 7) is 3.16. The van der Waals surface area contributed by atoms with E-state index in [9.17, 15) is 14.0 Å². The first-order chi connectivity index (χ1) is 11.3. The standard InChI is InChI=1S/C18H18FN3O2.ClH/c1-9-13-8-11(19)6-7-12(13)16-14(21)4-3-5-15(16)22(17(9)23)18(24)10(2)20;/h3-10H,20-21H2,1-2H3;1H/t9?,10-;/m0./s1. The summed E-state index contributed by atoms with van der Waals surface area (Å²) in [5.41, 5.74) is 14.3. The largest absolute Gasteiger partial charge is 0.398 e. The third-order valence-electron chi connectivity index (χ3n) is 4.27. The van der Waals surface area contributed by atoms with E-state index in [1.807, 2.05) is 0 Å². The van der Waals surface area contributed by atoms with Crippen LogP contribution in [0.2, 0.25) is 0 Å². The molecule has 0 fully saturated rings. The van der Waals surface area contributed by atoms with Gasteiger partial charge in [-0.25, -0.2) is 9.29 Å². The van der Waals surface area contributed by atoms with Gasteiger partial charge in [-0.15, -0.1) is 12.4 Å². The van der Waals surface area contributed by atoms with Gasteiger partial charge in [-0.1, -0.05) is 12.1 Å². The lowest BCUT2D eigenvalue weighted by Crippen LogP contribution is -2.47. The number of benzene rings is 2. The zero-order valence-electron chi connectivity index (χ0n) is 13.8. The summed E-state index contributed by atoms with van der Waals surface area (Å²) in [7, 11) is 0. The number of carbonyl (C=O) groups excluding carboxylic acids is 2. The quantitative estimate of drug-likeness (QED) is 0.762. The lowest BCUT2D eigenvalue weighted by Gasteiger charge is -2.25. The summed E-state index contributed by atoms with van der Waals surface area (Å²) in [6, 6.07) is 8.36. The Morgan fingerprint density at radius 2 is 1.96 bits per heavy atom. The average molecular weight is 364 g/mol. The molecule has 2 atom stereocenters. The first-order valence-corrected chi connectivity index (χ1v) is 7.64. The number of nitrogens with zero attached hydrogens (tertiary/aromatic N) is 1. The van der Waals surface area contributed by atoms with Crippen LogP contribution in [0.15, 0.2) is 36.4 Å². The van der Waals surface area contributed by atoms with Gasteiger partial charge in [0.25, 0.3) is 0 Å². The third-order valence-corrected chi connectivity index (χ3v) is 4.27. The van der Waals surface area contributed by atoms with Crippen LogP contribution < -0.4 is 16.4 Å². The second kappa shape index (κ2) is 6.82. The van der Waals surface area contributed by atoms with Crippen LogP contribution in [0, 0.1) is 5.82 Å². The summed E-state index contributed by atoms with van der Waals surface area (Å²) in [4.78, 5) is 26.6. The first kappa shape index (κ1) is 18.9. The molecule has 25 heavy (non-hydrogen) atoms. The van der Waals surface area contributed by atoms with Crippen molar-refractivity contribution in [1.29, 1.82) is 0 Å². The van der Waals surface area contributed by atoms with Crippen molar-refractivity contribution in [3.63, 3.8) is 0 Å². The predicted octanol–water partition coefficient (Wildman–Crippen LogP) is 2.82. The van der Waals surface area contributed by atoms with E-state index in [0.29, 0.717) is 28.1 Å². The summed E-state index contributed by atoms with van der Waals surface area (Å²) >= 11 is 0. The maximum Gasteiger partial charge on any atom is 0.250 e. The molecule has 4 N–H and O–H groups in total. The number of rotatable bonds is 1. The number of hydrogen-bond donors (Lipinski definition) is 2. The maximum absolute atomic E-state index is 13.7. The number of hydrogen-bond acceptors (Lipinski definition) is 4. The number of halogens is 2. The minimum Gasteiger partial charge on any atom is -0.398 e. The topological polar surface area (TPSA) is 89.4 Å². The Morgan fingerprint density at radius 1 is 1.28 bits per heavy atom. The minimum absolute atomic E-state index is 0. The minimum atomic E-state index is -0.853. The van der Waals surface area contributed by atoms with Crippen LogP contribution >= 0.6 is 12.4 Å². The Bertz CT molecular complexity index is 854. The van der Waals surface area contributed by atoms with Crippen molar-refractivity contribution in [1.82, 2.24) is 0 Å². The third kappa shape index (κ3) is 2.99. The number of amides is 2. The van der Waals surface area contributed by atoms with E-state index in [2.05, 4.69) is 0 Å². The molecule has 132 valence electrons. The van der Waals surface area contributed by atoms with E-state index in [1.165, 1.54) is 19.1 Å². The molecule has 0 saturated heterocycles. The molecule has 0 bridgehead atoms. The Balaban J connectivity index is 0.00000225. The molecule has 2 aromatic carbocycles. The second-order valence-electron chi connectivity index (χ2n) is 6.00. The van der Waals surface area contributed by atoms with E-state index in [0.717, 1.165) is 4.90 Å². The van der Waals surface area contributed by atoms with Crippen molar-refractivity contribution >= 4 is 35.6 Å². The number of imide groups is 1. The molecule has 1 heterocycles. The van der Waals surface area contributed by atoms with Crippen molar-refractivity contribution in [2.45, 2.75) is 25.8 Å². The highest BCUT2D eigenvalue weighted by Crippen LogP contribution is 2.44. The molecule has 2 amide bonds. The maximum atomic E-state index is 13.7. The molecule has 0 spiro atoms. The summed E-state index contributed by atoms with van der Waals surface area (Å²) < 4.78 is 13.7. The van der Waals surface area contributed by atoms with Crippen LogP contribution in [-0.4, -0.2) is 17.9 Å². The van der Waals surface area contributed by atoms with Gasteiger partial charge in [-0.05, 0) is 49.2 Å². The van der Waals surface area contributed by atoms with Crippen LogP contribution in [0.3, 0.4) is 0 Å². The number of carbonyl (C=O) groups is 2. The highest BCUT2D eigenvalue weighted by atomic mass is 35.5. The summed E-state index contributed by atoms with van der Waals surface area (Å²) in [6.07, 6.45) is 0. The molecule has 0 aliphatic carbocycles. The Kier molecular flexibility index (Phi) is 5.15. The predicted molar refractivity (Wildman–Crippen MR) is 98.1 cm³/mol. The zero-order valence-corrected chi connectivity index (χ0v) is 14.6. The van der Waals surface area contributed by atoms with Gasteiger partial charge in [0.2, 0.25) is 11.8 Å². The fraction of sp³-hybridized carbons (Fsp3) is 0.222. The molecule has 1 aliphatic rings. The Labute approximate surface area is 151 Å². The van der Waals surface area contributed by atoms with Crippen LogP contribution in [0.25, 0.3) is 11.1 Å². The number of nitrogen functional groups attached to an aromatic ring is 1. The molecular weight excluding hydrogens is 345 g/mol.